The van der Waals surface area contributed by atoms with Crippen LogP contribution in [0.25, 0.3) is 0 Å². The molecule has 0 atom stereocenters. The molecule has 0 amide bonds. The standard InChI is InChI=1S/C16H18O4/c1-17-16(18-2)12-19-14-9-6-10-15(11-14)20-13-7-4-3-5-8-13/h3-11,16H,12H2,1-2H3. The summed E-state index contributed by atoms with van der Waals surface area (Å²) >= 11 is 0. The van der Waals surface area contributed by atoms with Gasteiger partial charge in [-0.15, -0.1) is 0 Å². The van der Waals surface area contributed by atoms with E-state index in [9.17, 15) is 0 Å². The maximum atomic E-state index is 5.74. The van der Waals surface area contributed by atoms with Gasteiger partial charge < -0.3 is 18.9 Å². The summed E-state index contributed by atoms with van der Waals surface area (Å²) in [6, 6.07) is 17.1. The summed E-state index contributed by atoms with van der Waals surface area (Å²) in [6.07, 6.45) is -0.381. The van der Waals surface area contributed by atoms with Crippen molar-refractivity contribution in [1.29, 1.82) is 0 Å². The van der Waals surface area contributed by atoms with Crippen molar-refractivity contribution in [3.63, 3.8) is 0 Å². The number of methoxy groups -OCH3 is 2. The molecule has 0 fully saturated rings. The van der Waals surface area contributed by atoms with Crippen molar-refractivity contribution in [2.75, 3.05) is 20.8 Å². The second kappa shape index (κ2) is 7.53. The average molecular weight is 274 g/mol. The van der Waals surface area contributed by atoms with Crippen molar-refractivity contribution in [2.45, 2.75) is 6.29 Å². The lowest BCUT2D eigenvalue weighted by Crippen LogP contribution is -2.21. The van der Waals surface area contributed by atoms with E-state index in [1.165, 1.54) is 0 Å². The van der Waals surface area contributed by atoms with Crippen molar-refractivity contribution >= 4 is 0 Å². The summed E-state index contributed by atoms with van der Waals surface area (Å²) in [5.74, 6) is 2.22. The maximum absolute atomic E-state index is 5.74. The molecule has 0 aliphatic rings. The predicted molar refractivity (Wildman–Crippen MR) is 76.3 cm³/mol. The zero-order chi connectivity index (χ0) is 14.2. The summed E-state index contributed by atoms with van der Waals surface area (Å²) in [5, 5.41) is 0. The van der Waals surface area contributed by atoms with Gasteiger partial charge in [-0.2, -0.15) is 0 Å². The van der Waals surface area contributed by atoms with Crippen LogP contribution >= 0.6 is 0 Å². The molecule has 4 heteroatoms. The van der Waals surface area contributed by atoms with Crippen molar-refractivity contribution in [3.05, 3.63) is 54.6 Å². The molecule has 0 radical (unpaired) electrons. The lowest BCUT2D eigenvalue weighted by Gasteiger charge is -2.14. The highest BCUT2D eigenvalue weighted by Crippen LogP contribution is 2.25. The van der Waals surface area contributed by atoms with Gasteiger partial charge in [0.1, 0.15) is 23.9 Å². The molecule has 0 aliphatic heterocycles. The normalized spacial score (nSPS) is 10.6. The van der Waals surface area contributed by atoms with Crippen LogP contribution in [0.5, 0.6) is 17.2 Å². The Morgan fingerprint density at radius 1 is 0.800 bits per heavy atom. The second-order valence-corrected chi connectivity index (χ2v) is 4.10. The first kappa shape index (κ1) is 14.4. The van der Waals surface area contributed by atoms with Crippen LogP contribution < -0.4 is 9.47 Å². The summed E-state index contributed by atoms with van der Waals surface area (Å²) in [7, 11) is 3.15. The average Bonchev–Trinajstić information content (AvgIpc) is 2.50. The molecule has 2 aromatic carbocycles. The first-order valence-corrected chi connectivity index (χ1v) is 6.33. The first-order valence-electron chi connectivity index (χ1n) is 6.33. The fourth-order valence-electron chi connectivity index (χ4n) is 1.65. The highest BCUT2D eigenvalue weighted by atomic mass is 16.7. The summed E-state index contributed by atoms with van der Waals surface area (Å²) < 4.78 is 21.5. The van der Waals surface area contributed by atoms with Gasteiger partial charge in [0.2, 0.25) is 0 Å². The van der Waals surface area contributed by atoms with Crippen LogP contribution in [0.3, 0.4) is 0 Å². The lowest BCUT2D eigenvalue weighted by atomic mass is 10.3. The number of para-hydroxylation sites is 1. The fraction of sp³-hybridized carbons (Fsp3) is 0.250. The van der Waals surface area contributed by atoms with Crippen LogP contribution in [0.4, 0.5) is 0 Å². The summed E-state index contributed by atoms with van der Waals surface area (Å²) in [5.41, 5.74) is 0. The topological polar surface area (TPSA) is 36.9 Å². The molecule has 0 spiro atoms. The largest absolute Gasteiger partial charge is 0.488 e. The van der Waals surface area contributed by atoms with E-state index in [0.29, 0.717) is 12.4 Å². The minimum Gasteiger partial charge on any atom is -0.488 e. The lowest BCUT2D eigenvalue weighted by molar-refractivity contribution is -0.121. The van der Waals surface area contributed by atoms with Crippen LogP contribution in [-0.2, 0) is 9.47 Å². The molecule has 20 heavy (non-hydrogen) atoms. The third-order valence-corrected chi connectivity index (χ3v) is 2.70. The SMILES string of the molecule is COC(COc1cccc(Oc2ccccc2)c1)OC. The number of hydrogen-bond donors (Lipinski definition) is 0. The van der Waals surface area contributed by atoms with Crippen molar-refractivity contribution in [3.8, 4) is 17.2 Å². The smallest absolute Gasteiger partial charge is 0.191 e. The number of ether oxygens (including phenoxy) is 4. The van der Waals surface area contributed by atoms with Gasteiger partial charge in [0.15, 0.2) is 6.29 Å². The van der Waals surface area contributed by atoms with E-state index < -0.39 is 0 Å². The zero-order valence-electron chi connectivity index (χ0n) is 11.6. The van der Waals surface area contributed by atoms with Crippen LogP contribution in [0.15, 0.2) is 54.6 Å². The number of benzene rings is 2. The van der Waals surface area contributed by atoms with Gasteiger partial charge >= 0.3 is 0 Å². The Hall–Kier alpha value is -2.04. The quantitative estimate of drug-likeness (QED) is 0.724. The Bertz CT molecular complexity index is 509. The van der Waals surface area contributed by atoms with E-state index in [1.54, 1.807) is 14.2 Å². The molecule has 106 valence electrons. The molecule has 0 aromatic heterocycles. The minimum atomic E-state index is -0.381. The summed E-state index contributed by atoms with van der Waals surface area (Å²) in [4.78, 5) is 0. The molecule has 4 nitrogen and oxygen atoms in total. The molecule has 2 rings (SSSR count). The highest BCUT2D eigenvalue weighted by molar-refractivity contribution is 5.36. The van der Waals surface area contributed by atoms with E-state index in [0.717, 1.165) is 11.5 Å². The predicted octanol–water partition coefficient (Wildman–Crippen LogP) is 3.48. The van der Waals surface area contributed by atoms with E-state index in [4.69, 9.17) is 18.9 Å². The van der Waals surface area contributed by atoms with Crippen molar-refractivity contribution < 1.29 is 18.9 Å². The maximum Gasteiger partial charge on any atom is 0.191 e. The first-order chi connectivity index (χ1) is 9.81. The molecule has 0 saturated carbocycles. The summed E-state index contributed by atoms with van der Waals surface area (Å²) in [6.45, 7) is 0.321. The molecule has 0 bridgehead atoms. The van der Waals surface area contributed by atoms with Crippen molar-refractivity contribution in [1.82, 2.24) is 0 Å². The zero-order valence-corrected chi connectivity index (χ0v) is 11.6. The van der Waals surface area contributed by atoms with Crippen LogP contribution in [0, 0.1) is 0 Å². The van der Waals surface area contributed by atoms with Gasteiger partial charge in [0.25, 0.3) is 0 Å². The molecular weight excluding hydrogens is 256 g/mol. The van der Waals surface area contributed by atoms with Crippen LogP contribution in [-0.4, -0.2) is 27.1 Å². The highest BCUT2D eigenvalue weighted by Gasteiger charge is 2.06. The van der Waals surface area contributed by atoms with Crippen LogP contribution in [0.2, 0.25) is 0 Å². The molecular formula is C16H18O4. The Morgan fingerprint density at radius 2 is 1.45 bits per heavy atom. The van der Waals surface area contributed by atoms with E-state index in [-0.39, 0.29) is 6.29 Å². The third kappa shape index (κ3) is 4.26. The van der Waals surface area contributed by atoms with Gasteiger partial charge in [-0.1, -0.05) is 24.3 Å². The van der Waals surface area contributed by atoms with E-state index in [2.05, 4.69) is 0 Å². The fourth-order valence-corrected chi connectivity index (χ4v) is 1.65. The number of hydrogen-bond acceptors (Lipinski definition) is 4. The minimum absolute atomic E-state index is 0.321. The third-order valence-electron chi connectivity index (χ3n) is 2.70. The Kier molecular flexibility index (Phi) is 5.41. The van der Waals surface area contributed by atoms with Gasteiger partial charge in [-0.3, -0.25) is 0 Å². The van der Waals surface area contributed by atoms with Gasteiger partial charge in [0, 0.05) is 20.3 Å². The van der Waals surface area contributed by atoms with Crippen molar-refractivity contribution in [2.24, 2.45) is 0 Å². The van der Waals surface area contributed by atoms with Gasteiger partial charge in [-0.05, 0) is 24.3 Å². The Balaban J connectivity index is 1.97. The Morgan fingerprint density at radius 3 is 2.15 bits per heavy atom. The van der Waals surface area contributed by atoms with E-state index in [1.807, 2.05) is 54.6 Å². The van der Waals surface area contributed by atoms with E-state index >= 15 is 0 Å². The molecule has 0 heterocycles. The Labute approximate surface area is 118 Å². The molecule has 0 unspecified atom stereocenters. The van der Waals surface area contributed by atoms with Gasteiger partial charge in [0.05, 0.1) is 0 Å². The molecule has 0 saturated heterocycles. The van der Waals surface area contributed by atoms with Crippen LogP contribution in [0.1, 0.15) is 0 Å². The molecule has 0 aliphatic carbocycles. The molecule has 2 aromatic rings. The second-order valence-electron chi connectivity index (χ2n) is 4.10. The monoisotopic (exact) mass is 274 g/mol. The van der Waals surface area contributed by atoms with Gasteiger partial charge in [-0.25, -0.2) is 0 Å². The molecule has 0 N–H and O–H groups in total. The number of rotatable bonds is 7.